The molecule has 0 saturated carbocycles. The van der Waals surface area contributed by atoms with Gasteiger partial charge in [0.15, 0.2) is 0 Å². The lowest BCUT2D eigenvalue weighted by Crippen LogP contribution is -2.40. The topological polar surface area (TPSA) is 48.1 Å². The van der Waals surface area contributed by atoms with Gasteiger partial charge in [-0.25, -0.2) is 4.39 Å². The van der Waals surface area contributed by atoms with E-state index in [9.17, 15) is 4.39 Å². The normalized spacial score (nSPS) is 21.5. The van der Waals surface area contributed by atoms with E-state index < -0.39 is 5.54 Å². The van der Waals surface area contributed by atoms with Crippen molar-refractivity contribution in [1.29, 1.82) is 0 Å². The number of aromatic nitrogens is 1. The van der Waals surface area contributed by atoms with Crippen LogP contribution < -0.4 is 10.5 Å². The number of benzene rings is 1. The quantitative estimate of drug-likeness (QED) is 0.836. The summed E-state index contributed by atoms with van der Waals surface area (Å²) >= 11 is 0. The average molecular weight is 244 g/mol. The monoisotopic (exact) mass is 244 g/mol. The molecule has 3 rings (SSSR count). The van der Waals surface area contributed by atoms with E-state index in [1.54, 1.807) is 25.3 Å². The van der Waals surface area contributed by atoms with Crippen LogP contribution in [0.2, 0.25) is 0 Å². The van der Waals surface area contributed by atoms with Crippen LogP contribution in [0, 0.1) is 12.7 Å². The minimum Gasteiger partial charge on any atom is -0.489 e. The molecule has 0 aliphatic carbocycles. The van der Waals surface area contributed by atoms with E-state index in [1.165, 1.54) is 6.07 Å². The van der Waals surface area contributed by atoms with Crippen LogP contribution in [0.4, 0.5) is 4.39 Å². The highest BCUT2D eigenvalue weighted by Crippen LogP contribution is 2.38. The fraction of sp³-hybridized carbons (Fsp3) is 0.214. The number of hydrogen-bond acceptors (Lipinski definition) is 3. The third kappa shape index (κ3) is 1.49. The molecule has 0 bridgehead atoms. The van der Waals surface area contributed by atoms with Crippen molar-refractivity contribution in [2.24, 2.45) is 5.73 Å². The summed E-state index contributed by atoms with van der Waals surface area (Å²) < 4.78 is 19.2. The van der Waals surface area contributed by atoms with Crippen molar-refractivity contribution < 1.29 is 9.13 Å². The first-order chi connectivity index (χ1) is 8.61. The first-order valence-electron chi connectivity index (χ1n) is 5.75. The molecule has 1 aliphatic heterocycles. The Bertz CT molecular complexity index is 614. The fourth-order valence-corrected chi connectivity index (χ4v) is 2.19. The molecule has 1 aromatic carbocycles. The van der Waals surface area contributed by atoms with Gasteiger partial charge >= 0.3 is 0 Å². The lowest BCUT2D eigenvalue weighted by atomic mass is 9.88. The van der Waals surface area contributed by atoms with E-state index in [0.29, 0.717) is 22.6 Å². The molecule has 0 amide bonds. The van der Waals surface area contributed by atoms with Gasteiger partial charge in [0.25, 0.3) is 0 Å². The summed E-state index contributed by atoms with van der Waals surface area (Å²) in [4.78, 5) is 4.27. The molecule has 1 aliphatic rings. The van der Waals surface area contributed by atoms with E-state index in [2.05, 4.69) is 4.98 Å². The first-order valence-corrected chi connectivity index (χ1v) is 5.75. The van der Waals surface area contributed by atoms with Crippen LogP contribution >= 0.6 is 0 Å². The molecule has 3 nitrogen and oxygen atoms in total. The minimum absolute atomic E-state index is 0.262. The lowest BCUT2D eigenvalue weighted by Gasteiger charge is -2.22. The molecule has 0 unspecified atom stereocenters. The summed E-state index contributed by atoms with van der Waals surface area (Å²) in [5.41, 5.74) is 7.43. The molecule has 0 spiro atoms. The van der Waals surface area contributed by atoms with Gasteiger partial charge in [-0.05, 0) is 36.2 Å². The number of hydrogen-bond donors (Lipinski definition) is 1. The number of ether oxygens (including phenoxy) is 1. The minimum atomic E-state index is -0.870. The molecule has 0 radical (unpaired) electrons. The Morgan fingerprint density at radius 2 is 2.22 bits per heavy atom. The standard InChI is InChI=1S/C14H13FN2O/c1-9-4-5-10(7-11(9)15)14(16)8-18-12-3-2-6-17-13(12)14/h2-7H,8,16H2,1H3/t14-/m0/s1. The summed E-state index contributed by atoms with van der Waals surface area (Å²) in [5, 5.41) is 0. The smallest absolute Gasteiger partial charge is 0.143 e. The Balaban J connectivity index is 2.14. The van der Waals surface area contributed by atoms with Crippen LogP contribution in [0.25, 0.3) is 0 Å². The molecule has 1 aromatic heterocycles. The second-order valence-electron chi connectivity index (χ2n) is 4.57. The van der Waals surface area contributed by atoms with E-state index >= 15 is 0 Å². The number of rotatable bonds is 1. The molecule has 1 atom stereocenters. The van der Waals surface area contributed by atoms with Gasteiger partial charge in [-0.2, -0.15) is 0 Å². The molecular weight excluding hydrogens is 231 g/mol. The molecular formula is C14H13FN2O. The van der Waals surface area contributed by atoms with Crippen LogP contribution in [-0.4, -0.2) is 11.6 Å². The van der Waals surface area contributed by atoms with Gasteiger partial charge < -0.3 is 10.5 Å². The molecule has 2 aromatic rings. The number of halogens is 1. The molecule has 18 heavy (non-hydrogen) atoms. The molecule has 0 saturated heterocycles. The van der Waals surface area contributed by atoms with Crippen molar-refractivity contribution in [3.63, 3.8) is 0 Å². The van der Waals surface area contributed by atoms with Crippen LogP contribution in [0.15, 0.2) is 36.5 Å². The van der Waals surface area contributed by atoms with Crippen molar-refractivity contribution in [1.82, 2.24) is 4.98 Å². The van der Waals surface area contributed by atoms with Crippen LogP contribution in [0.5, 0.6) is 5.75 Å². The summed E-state index contributed by atoms with van der Waals surface area (Å²) in [5.74, 6) is 0.405. The van der Waals surface area contributed by atoms with Crippen molar-refractivity contribution >= 4 is 0 Å². The Morgan fingerprint density at radius 1 is 1.39 bits per heavy atom. The van der Waals surface area contributed by atoms with E-state index in [-0.39, 0.29) is 12.4 Å². The number of nitrogens with two attached hydrogens (primary N) is 1. The van der Waals surface area contributed by atoms with Gasteiger partial charge in [0.2, 0.25) is 0 Å². The Morgan fingerprint density at radius 3 is 3.00 bits per heavy atom. The van der Waals surface area contributed by atoms with Crippen LogP contribution in [-0.2, 0) is 5.54 Å². The summed E-state index contributed by atoms with van der Waals surface area (Å²) in [7, 11) is 0. The van der Waals surface area contributed by atoms with Gasteiger partial charge in [-0.1, -0.05) is 12.1 Å². The predicted molar refractivity (Wildman–Crippen MR) is 65.8 cm³/mol. The maximum absolute atomic E-state index is 13.7. The second-order valence-corrected chi connectivity index (χ2v) is 4.57. The second kappa shape index (κ2) is 3.78. The van der Waals surface area contributed by atoms with Crippen molar-refractivity contribution in [2.75, 3.05) is 6.61 Å². The van der Waals surface area contributed by atoms with Crippen LogP contribution in [0.3, 0.4) is 0 Å². The molecule has 0 fully saturated rings. The van der Waals surface area contributed by atoms with Crippen molar-refractivity contribution in [3.05, 3.63) is 59.2 Å². The zero-order chi connectivity index (χ0) is 12.8. The molecule has 2 N–H and O–H groups in total. The third-order valence-electron chi connectivity index (χ3n) is 3.34. The van der Waals surface area contributed by atoms with Crippen molar-refractivity contribution in [2.45, 2.75) is 12.5 Å². The zero-order valence-corrected chi connectivity index (χ0v) is 9.98. The highest BCUT2D eigenvalue weighted by atomic mass is 19.1. The molecule has 4 heteroatoms. The Hall–Kier alpha value is -1.94. The van der Waals surface area contributed by atoms with E-state index in [0.717, 1.165) is 0 Å². The summed E-state index contributed by atoms with van der Waals surface area (Å²) in [6.07, 6.45) is 1.67. The first kappa shape index (κ1) is 11.2. The maximum Gasteiger partial charge on any atom is 0.143 e. The van der Waals surface area contributed by atoms with Gasteiger partial charge in [0.1, 0.15) is 29.4 Å². The predicted octanol–water partition coefficient (Wildman–Crippen LogP) is 2.12. The van der Waals surface area contributed by atoms with Crippen molar-refractivity contribution in [3.8, 4) is 5.75 Å². The number of aryl methyl sites for hydroxylation is 1. The molecule has 2 heterocycles. The van der Waals surface area contributed by atoms with Crippen LogP contribution in [0.1, 0.15) is 16.8 Å². The summed E-state index contributed by atoms with van der Waals surface area (Å²) in [6, 6.07) is 8.62. The van der Waals surface area contributed by atoms with E-state index in [1.807, 2.05) is 12.1 Å². The highest BCUT2D eigenvalue weighted by Gasteiger charge is 2.40. The van der Waals surface area contributed by atoms with Gasteiger partial charge in [0, 0.05) is 6.20 Å². The zero-order valence-electron chi connectivity index (χ0n) is 9.98. The lowest BCUT2D eigenvalue weighted by molar-refractivity contribution is 0.294. The SMILES string of the molecule is Cc1ccc([C@@]2(N)COc3cccnc32)cc1F. The van der Waals surface area contributed by atoms with E-state index in [4.69, 9.17) is 10.5 Å². The Labute approximate surface area is 104 Å². The average Bonchev–Trinajstić information content (AvgIpc) is 2.73. The fourth-order valence-electron chi connectivity index (χ4n) is 2.19. The number of fused-ring (bicyclic) bond motifs is 1. The highest BCUT2D eigenvalue weighted by molar-refractivity contribution is 5.46. The maximum atomic E-state index is 13.7. The van der Waals surface area contributed by atoms with Gasteiger partial charge in [0.05, 0.1) is 0 Å². The van der Waals surface area contributed by atoms with Gasteiger partial charge in [-0.15, -0.1) is 0 Å². The summed E-state index contributed by atoms with van der Waals surface area (Å²) in [6.45, 7) is 2.00. The third-order valence-corrected chi connectivity index (χ3v) is 3.34. The number of pyridine rings is 1. The molecule has 92 valence electrons. The van der Waals surface area contributed by atoms with Gasteiger partial charge in [-0.3, -0.25) is 4.98 Å². The largest absolute Gasteiger partial charge is 0.489 e. The Kier molecular flexibility index (Phi) is 2.35. The number of nitrogens with zero attached hydrogens (tertiary/aromatic N) is 1.